The van der Waals surface area contributed by atoms with Crippen molar-refractivity contribution >= 4 is 19.7 Å². The van der Waals surface area contributed by atoms with E-state index in [1.54, 1.807) is 36.7 Å². The minimum absolute atomic E-state index is 0.179. The second-order valence-corrected chi connectivity index (χ2v) is 5.95. The SMILES string of the molecule is O=S(=O)(Cl)Cc1ccc(-n2nccn2)cc1. The van der Waals surface area contributed by atoms with Crippen LogP contribution >= 0.6 is 10.7 Å². The molecule has 2 aromatic rings. The number of halogens is 1. The molecule has 0 bridgehead atoms. The van der Waals surface area contributed by atoms with Crippen LogP contribution in [0.2, 0.25) is 0 Å². The maximum absolute atomic E-state index is 10.8. The largest absolute Gasteiger partial charge is 0.236 e. The third-order valence-corrected chi connectivity index (χ3v) is 2.93. The minimum atomic E-state index is -3.51. The first-order chi connectivity index (χ1) is 7.54. The Morgan fingerprint density at radius 1 is 1.12 bits per heavy atom. The van der Waals surface area contributed by atoms with Crippen LogP contribution < -0.4 is 0 Å². The van der Waals surface area contributed by atoms with E-state index in [-0.39, 0.29) is 5.75 Å². The quantitative estimate of drug-likeness (QED) is 0.779. The van der Waals surface area contributed by atoms with E-state index in [0.717, 1.165) is 5.69 Å². The van der Waals surface area contributed by atoms with Crippen molar-refractivity contribution in [3.8, 4) is 5.69 Å². The molecule has 5 nitrogen and oxygen atoms in total. The maximum Gasteiger partial charge on any atom is 0.236 e. The van der Waals surface area contributed by atoms with Crippen LogP contribution in [0, 0.1) is 0 Å². The van der Waals surface area contributed by atoms with Crippen LogP contribution in [-0.4, -0.2) is 23.4 Å². The molecule has 84 valence electrons. The second kappa shape index (κ2) is 4.23. The molecule has 0 spiro atoms. The smallest absolute Gasteiger partial charge is 0.212 e. The summed E-state index contributed by atoms with van der Waals surface area (Å²) in [5.74, 6) is -0.179. The fraction of sp³-hybridized carbons (Fsp3) is 0.111. The second-order valence-electron chi connectivity index (χ2n) is 3.17. The third kappa shape index (κ3) is 2.80. The topological polar surface area (TPSA) is 64.8 Å². The molecule has 0 aliphatic carbocycles. The normalized spacial score (nSPS) is 11.6. The Balaban J connectivity index is 2.24. The molecule has 1 aromatic heterocycles. The van der Waals surface area contributed by atoms with E-state index >= 15 is 0 Å². The third-order valence-electron chi connectivity index (χ3n) is 1.93. The summed E-state index contributed by atoms with van der Waals surface area (Å²) in [5.41, 5.74) is 1.40. The Labute approximate surface area is 97.1 Å². The average molecular weight is 258 g/mol. The Hall–Kier alpha value is -1.40. The highest BCUT2D eigenvalue weighted by Crippen LogP contribution is 2.12. The highest BCUT2D eigenvalue weighted by Gasteiger charge is 2.07. The Bertz CT molecular complexity index is 563. The zero-order valence-electron chi connectivity index (χ0n) is 8.12. The summed E-state index contributed by atoms with van der Waals surface area (Å²) in [6.45, 7) is 0. The van der Waals surface area contributed by atoms with Gasteiger partial charge in [-0.25, -0.2) is 8.42 Å². The predicted molar refractivity (Wildman–Crippen MR) is 59.8 cm³/mol. The van der Waals surface area contributed by atoms with Crippen LogP contribution in [0.4, 0.5) is 0 Å². The molecule has 0 aliphatic rings. The zero-order valence-corrected chi connectivity index (χ0v) is 9.69. The lowest BCUT2D eigenvalue weighted by Gasteiger charge is -2.01. The van der Waals surface area contributed by atoms with E-state index < -0.39 is 9.05 Å². The van der Waals surface area contributed by atoms with Crippen molar-refractivity contribution in [1.29, 1.82) is 0 Å². The molecule has 0 aliphatic heterocycles. The van der Waals surface area contributed by atoms with Gasteiger partial charge in [0, 0.05) is 10.7 Å². The Morgan fingerprint density at radius 2 is 1.69 bits per heavy atom. The Morgan fingerprint density at radius 3 is 2.19 bits per heavy atom. The molecule has 0 N–H and O–H groups in total. The molecule has 0 radical (unpaired) electrons. The molecular weight excluding hydrogens is 250 g/mol. The van der Waals surface area contributed by atoms with Gasteiger partial charge < -0.3 is 0 Å². The number of hydrogen-bond acceptors (Lipinski definition) is 4. The summed E-state index contributed by atoms with van der Waals surface area (Å²) < 4.78 is 21.7. The molecule has 0 unspecified atom stereocenters. The van der Waals surface area contributed by atoms with Crippen LogP contribution in [0.25, 0.3) is 5.69 Å². The molecule has 0 saturated carbocycles. The van der Waals surface area contributed by atoms with Crippen LogP contribution in [0.3, 0.4) is 0 Å². The highest BCUT2D eigenvalue weighted by atomic mass is 35.7. The van der Waals surface area contributed by atoms with Gasteiger partial charge in [0.15, 0.2) is 0 Å². The van der Waals surface area contributed by atoms with E-state index in [0.29, 0.717) is 5.56 Å². The van der Waals surface area contributed by atoms with E-state index in [1.165, 1.54) is 4.80 Å². The first kappa shape index (κ1) is 11.1. The average Bonchev–Trinajstić information content (AvgIpc) is 2.69. The fourth-order valence-electron chi connectivity index (χ4n) is 1.27. The van der Waals surface area contributed by atoms with Gasteiger partial charge in [0.1, 0.15) is 0 Å². The summed E-state index contributed by atoms with van der Waals surface area (Å²) >= 11 is 0. The van der Waals surface area contributed by atoms with Gasteiger partial charge in [0.2, 0.25) is 9.05 Å². The molecule has 1 aromatic carbocycles. The molecule has 0 saturated heterocycles. The van der Waals surface area contributed by atoms with Gasteiger partial charge in [-0.1, -0.05) is 12.1 Å². The minimum Gasteiger partial charge on any atom is -0.212 e. The van der Waals surface area contributed by atoms with Gasteiger partial charge >= 0.3 is 0 Å². The van der Waals surface area contributed by atoms with Crippen molar-refractivity contribution < 1.29 is 8.42 Å². The molecular formula is C9H8ClN3O2S. The number of aromatic nitrogens is 3. The summed E-state index contributed by atoms with van der Waals surface area (Å²) in [5, 5.41) is 7.90. The summed E-state index contributed by atoms with van der Waals surface area (Å²) in [6, 6.07) is 6.83. The molecule has 1 heterocycles. The van der Waals surface area contributed by atoms with E-state index in [9.17, 15) is 8.42 Å². The van der Waals surface area contributed by atoms with Gasteiger partial charge in [-0.3, -0.25) is 0 Å². The molecule has 7 heteroatoms. The molecule has 0 fully saturated rings. The Kier molecular flexibility index (Phi) is 2.93. The number of benzene rings is 1. The number of nitrogens with zero attached hydrogens (tertiary/aromatic N) is 3. The lowest BCUT2D eigenvalue weighted by molar-refractivity contribution is 0.609. The first-order valence-corrected chi connectivity index (χ1v) is 6.90. The van der Waals surface area contributed by atoms with Crippen molar-refractivity contribution in [2.75, 3.05) is 0 Å². The van der Waals surface area contributed by atoms with Gasteiger partial charge in [0.25, 0.3) is 0 Å². The molecule has 2 rings (SSSR count). The lowest BCUT2D eigenvalue weighted by atomic mass is 10.2. The van der Waals surface area contributed by atoms with Crippen molar-refractivity contribution in [3.05, 3.63) is 42.2 Å². The lowest BCUT2D eigenvalue weighted by Crippen LogP contribution is -1.99. The van der Waals surface area contributed by atoms with Gasteiger partial charge in [-0.2, -0.15) is 15.0 Å². The van der Waals surface area contributed by atoms with Gasteiger partial charge in [-0.05, 0) is 17.7 Å². The first-order valence-electron chi connectivity index (χ1n) is 4.42. The van der Waals surface area contributed by atoms with Gasteiger partial charge in [0.05, 0.1) is 23.8 Å². The monoisotopic (exact) mass is 257 g/mol. The van der Waals surface area contributed by atoms with Crippen LogP contribution in [-0.2, 0) is 14.8 Å². The van der Waals surface area contributed by atoms with Crippen LogP contribution in [0.15, 0.2) is 36.7 Å². The molecule has 0 amide bonds. The van der Waals surface area contributed by atoms with Crippen molar-refractivity contribution in [3.63, 3.8) is 0 Å². The predicted octanol–water partition coefficient (Wildman–Crippen LogP) is 1.34. The standard InChI is InChI=1S/C9H8ClN3O2S/c10-16(14,15)7-8-1-3-9(4-2-8)13-11-5-6-12-13/h1-6H,7H2. The highest BCUT2D eigenvalue weighted by molar-refractivity contribution is 8.13. The summed E-state index contributed by atoms with van der Waals surface area (Å²) in [6.07, 6.45) is 3.13. The number of hydrogen-bond donors (Lipinski definition) is 0. The number of rotatable bonds is 3. The maximum atomic E-state index is 10.8. The van der Waals surface area contributed by atoms with Crippen LogP contribution in [0.5, 0.6) is 0 Å². The van der Waals surface area contributed by atoms with Crippen molar-refractivity contribution in [2.45, 2.75) is 5.75 Å². The summed E-state index contributed by atoms with van der Waals surface area (Å²) in [4.78, 5) is 1.44. The summed E-state index contributed by atoms with van der Waals surface area (Å²) in [7, 11) is 1.64. The van der Waals surface area contributed by atoms with E-state index in [1.807, 2.05) is 0 Å². The fourth-order valence-corrected chi connectivity index (χ4v) is 2.24. The molecule has 16 heavy (non-hydrogen) atoms. The van der Waals surface area contributed by atoms with E-state index in [4.69, 9.17) is 10.7 Å². The van der Waals surface area contributed by atoms with Crippen molar-refractivity contribution in [2.24, 2.45) is 0 Å². The zero-order chi connectivity index (χ0) is 11.6. The van der Waals surface area contributed by atoms with Gasteiger partial charge in [-0.15, -0.1) is 0 Å². The van der Waals surface area contributed by atoms with Crippen LogP contribution in [0.1, 0.15) is 5.56 Å². The van der Waals surface area contributed by atoms with E-state index in [2.05, 4.69) is 10.2 Å². The van der Waals surface area contributed by atoms with Crippen molar-refractivity contribution in [1.82, 2.24) is 15.0 Å². The molecule has 0 atom stereocenters.